The van der Waals surface area contributed by atoms with Crippen LogP contribution in [0, 0.1) is 11.7 Å². The number of carbonyl (C=O) groups is 1. The Morgan fingerprint density at radius 3 is 2.78 bits per heavy atom. The van der Waals surface area contributed by atoms with Gasteiger partial charge in [0.2, 0.25) is 0 Å². The topological polar surface area (TPSA) is 32.3 Å². The number of carbonyl (C=O) groups excluding carboxylic acids is 1. The second kappa shape index (κ2) is 5.85. The molecule has 0 radical (unpaired) electrons. The Morgan fingerprint density at radius 1 is 1.44 bits per heavy atom. The average Bonchev–Trinajstić information content (AvgIpc) is 3.15. The first kappa shape index (κ1) is 12.9. The number of urea groups is 1. The lowest BCUT2D eigenvalue weighted by Crippen LogP contribution is -2.37. The molecule has 0 unspecified atom stereocenters. The first-order valence-electron chi connectivity index (χ1n) is 6.51. The van der Waals surface area contributed by atoms with E-state index in [9.17, 15) is 9.18 Å². The Hall–Kier alpha value is -1.58. The van der Waals surface area contributed by atoms with Crippen LogP contribution in [0.5, 0.6) is 0 Å². The monoisotopic (exact) mass is 250 g/mol. The van der Waals surface area contributed by atoms with Gasteiger partial charge in [-0.25, -0.2) is 9.18 Å². The van der Waals surface area contributed by atoms with E-state index in [2.05, 4.69) is 5.32 Å². The van der Waals surface area contributed by atoms with Crippen LogP contribution in [0.3, 0.4) is 0 Å². The van der Waals surface area contributed by atoms with Crippen molar-refractivity contribution in [1.29, 1.82) is 0 Å². The Kier molecular flexibility index (Phi) is 4.18. The molecule has 18 heavy (non-hydrogen) atoms. The zero-order valence-corrected chi connectivity index (χ0v) is 10.7. The molecule has 0 aromatic heterocycles. The van der Waals surface area contributed by atoms with Crippen molar-refractivity contribution >= 4 is 11.7 Å². The summed E-state index contributed by atoms with van der Waals surface area (Å²) in [7, 11) is 0. The number of para-hydroxylation sites is 1. The molecule has 0 heterocycles. The van der Waals surface area contributed by atoms with Gasteiger partial charge >= 0.3 is 6.03 Å². The minimum atomic E-state index is -0.395. The molecule has 3 nitrogen and oxygen atoms in total. The maximum Gasteiger partial charge on any atom is 0.321 e. The smallest absolute Gasteiger partial charge is 0.321 e. The quantitative estimate of drug-likeness (QED) is 0.852. The summed E-state index contributed by atoms with van der Waals surface area (Å²) in [4.78, 5) is 13.8. The lowest BCUT2D eigenvalue weighted by molar-refractivity contribution is 0.209. The molecule has 0 aliphatic heterocycles. The van der Waals surface area contributed by atoms with Crippen molar-refractivity contribution in [1.82, 2.24) is 4.90 Å². The lowest BCUT2D eigenvalue weighted by atomic mass is 10.3. The average molecular weight is 250 g/mol. The second-order valence-corrected chi connectivity index (χ2v) is 4.80. The maximum atomic E-state index is 13.4. The highest BCUT2D eigenvalue weighted by Crippen LogP contribution is 2.30. The van der Waals surface area contributed by atoms with E-state index in [0.717, 1.165) is 19.5 Å². The number of halogens is 1. The summed E-state index contributed by atoms with van der Waals surface area (Å²) in [5.41, 5.74) is 0.249. The predicted molar refractivity (Wildman–Crippen MR) is 70.0 cm³/mol. The van der Waals surface area contributed by atoms with Gasteiger partial charge in [0.05, 0.1) is 5.69 Å². The third-order valence-electron chi connectivity index (χ3n) is 3.07. The number of nitrogens with zero attached hydrogens (tertiary/aromatic N) is 1. The van der Waals surface area contributed by atoms with Gasteiger partial charge < -0.3 is 10.2 Å². The first-order chi connectivity index (χ1) is 8.70. The van der Waals surface area contributed by atoms with Crippen molar-refractivity contribution in [2.75, 3.05) is 18.4 Å². The molecule has 4 heteroatoms. The van der Waals surface area contributed by atoms with Crippen molar-refractivity contribution in [3.8, 4) is 0 Å². The van der Waals surface area contributed by atoms with Gasteiger partial charge in [-0.2, -0.15) is 0 Å². The van der Waals surface area contributed by atoms with Gasteiger partial charge in [0.15, 0.2) is 0 Å². The number of hydrogen-bond acceptors (Lipinski definition) is 1. The molecule has 0 bridgehead atoms. The summed E-state index contributed by atoms with van der Waals surface area (Å²) in [5, 5.41) is 2.64. The van der Waals surface area contributed by atoms with Crippen LogP contribution in [0.4, 0.5) is 14.9 Å². The SMILES string of the molecule is CCCN(CC1CC1)C(=O)Nc1ccccc1F. The van der Waals surface area contributed by atoms with Crippen molar-refractivity contribution in [3.63, 3.8) is 0 Å². The molecule has 1 aromatic carbocycles. The molecule has 1 fully saturated rings. The number of benzene rings is 1. The summed E-state index contributed by atoms with van der Waals surface area (Å²) in [6.07, 6.45) is 3.32. The van der Waals surface area contributed by atoms with Crippen LogP contribution < -0.4 is 5.32 Å². The molecular weight excluding hydrogens is 231 g/mol. The predicted octanol–water partition coefficient (Wildman–Crippen LogP) is 3.48. The van der Waals surface area contributed by atoms with Crippen LogP contribution >= 0.6 is 0 Å². The second-order valence-electron chi connectivity index (χ2n) is 4.80. The molecule has 1 aliphatic carbocycles. The third-order valence-corrected chi connectivity index (χ3v) is 3.07. The van der Waals surface area contributed by atoms with E-state index in [1.165, 1.54) is 18.9 Å². The molecule has 2 rings (SSSR count). The van der Waals surface area contributed by atoms with Crippen LogP contribution in [-0.2, 0) is 0 Å². The molecule has 0 saturated heterocycles. The summed E-state index contributed by atoms with van der Waals surface area (Å²) in [6.45, 7) is 3.54. The van der Waals surface area contributed by atoms with Crippen LogP contribution in [0.15, 0.2) is 24.3 Å². The van der Waals surface area contributed by atoms with Crippen LogP contribution in [0.1, 0.15) is 26.2 Å². The van der Waals surface area contributed by atoms with E-state index in [4.69, 9.17) is 0 Å². The standard InChI is InChI=1S/C14H19FN2O/c1-2-9-17(10-11-7-8-11)14(18)16-13-6-4-3-5-12(13)15/h3-6,11H,2,7-10H2,1H3,(H,16,18). The molecule has 1 aliphatic rings. The highest BCUT2D eigenvalue weighted by molar-refractivity contribution is 5.89. The number of anilines is 1. The molecule has 1 aromatic rings. The van der Waals surface area contributed by atoms with Gasteiger partial charge in [0.25, 0.3) is 0 Å². The van der Waals surface area contributed by atoms with E-state index in [0.29, 0.717) is 5.92 Å². The molecule has 1 saturated carbocycles. The molecular formula is C14H19FN2O. The van der Waals surface area contributed by atoms with E-state index in [-0.39, 0.29) is 11.7 Å². The van der Waals surface area contributed by atoms with Crippen LogP contribution in [0.2, 0.25) is 0 Å². The van der Waals surface area contributed by atoms with Crippen molar-refractivity contribution < 1.29 is 9.18 Å². The van der Waals surface area contributed by atoms with Crippen molar-refractivity contribution in [2.24, 2.45) is 5.92 Å². The summed E-state index contributed by atoms with van der Waals surface area (Å²) < 4.78 is 13.4. The fourth-order valence-electron chi connectivity index (χ4n) is 1.91. The highest BCUT2D eigenvalue weighted by atomic mass is 19.1. The van der Waals surface area contributed by atoms with Gasteiger partial charge in [-0.05, 0) is 37.3 Å². The van der Waals surface area contributed by atoms with Gasteiger partial charge in [0, 0.05) is 13.1 Å². The minimum Gasteiger partial charge on any atom is -0.324 e. The Labute approximate surface area is 107 Å². The third kappa shape index (κ3) is 3.45. The number of amides is 2. The zero-order valence-electron chi connectivity index (χ0n) is 10.7. The summed E-state index contributed by atoms with van der Waals surface area (Å²) >= 11 is 0. The normalized spacial score (nSPS) is 14.3. The van der Waals surface area contributed by atoms with Gasteiger partial charge in [-0.3, -0.25) is 0 Å². The molecule has 2 amide bonds. The van der Waals surface area contributed by atoms with Gasteiger partial charge in [-0.1, -0.05) is 19.1 Å². The van der Waals surface area contributed by atoms with E-state index < -0.39 is 5.82 Å². The molecule has 1 N–H and O–H groups in total. The van der Waals surface area contributed by atoms with Crippen LogP contribution in [-0.4, -0.2) is 24.0 Å². The summed E-state index contributed by atoms with van der Waals surface area (Å²) in [5.74, 6) is 0.247. The largest absolute Gasteiger partial charge is 0.324 e. The first-order valence-corrected chi connectivity index (χ1v) is 6.51. The summed E-state index contributed by atoms with van der Waals surface area (Å²) in [6, 6.07) is 6.05. The minimum absolute atomic E-state index is 0.200. The number of nitrogens with one attached hydrogen (secondary N) is 1. The Balaban J connectivity index is 1.97. The van der Waals surface area contributed by atoms with Crippen molar-refractivity contribution in [2.45, 2.75) is 26.2 Å². The van der Waals surface area contributed by atoms with Gasteiger partial charge in [-0.15, -0.1) is 0 Å². The Morgan fingerprint density at radius 2 is 2.17 bits per heavy atom. The zero-order chi connectivity index (χ0) is 13.0. The Bertz CT molecular complexity index is 418. The van der Waals surface area contributed by atoms with Gasteiger partial charge in [0.1, 0.15) is 5.82 Å². The maximum absolute atomic E-state index is 13.4. The fraction of sp³-hybridized carbons (Fsp3) is 0.500. The fourth-order valence-corrected chi connectivity index (χ4v) is 1.91. The lowest BCUT2D eigenvalue weighted by Gasteiger charge is -2.22. The van der Waals surface area contributed by atoms with Crippen molar-refractivity contribution in [3.05, 3.63) is 30.1 Å². The number of hydrogen-bond donors (Lipinski definition) is 1. The number of rotatable bonds is 5. The molecule has 98 valence electrons. The van der Waals surface area contributed by atoms with E-state index in [1.807, 2.05) is 6.92 Å². The molecule has 0 atom stereocenters. The van der Waals surface area contributed by atoms with Crippen LogP contribution in [0.25, 0.3) is 0 Å². The highest BCUT2D eigenvalue weighted by Gasteiger charge is 2.26. The van der Waals surface area contributed by atoms with E-state index in [1.54, 1.807) is 23.1 Å². The molecule has 0 spiro atoms. The van der Waals surface area contributed by atoms with E-state index >= 15 is 0 Å².